The van der Waals surface area contributed by atoms with Gasteiger partial charge >= 0.3 is 0 Å². The Morgan fingerprint density at radius 3 is 2.54 bits per heavy atom. The highest BCUT2D eigenvalue weighted by Gasteiger charge is 2.62. The molecule has 11 heteroatoms. The third kappa shape index (κ3) is 3.62. The number of rotatable bonds is 5. The molecule has 0 unspecified atom stereocenters. The van der Waals surface area contributed by atoms with Gasteiger partial charge in [-0.1, -0.05) is 18.2 Å². The average molecular weight is 502 g/mol. The van der Waals surface area contributed by atoms with Crippen molar-refractivity contribution in [2.45, 2.75) is 37.6 Å². The SMILES string of the molecule is C[C@@H](Nc1ncnc2c1cc(C1(C#N)CC3(CS(=O)C3)C1)c(=O)n2C)c1cccc(C(F)F)c1F. The van der Waals surface area contributed by atoms with Crippen LogP contribution in [0.15, 0.2) is 35.4 Å². The zero-order chi connectivity index (χ0) is 25.1. The zero-order valence-corrected chi connectivity index (χ0v) is 19.8. The van der Waals surface area contributed by atoms with Crippen molar-refractivity contribution in [2.75, 3.05) is 16.8 Å². The molecule has 0 amide bonds. The number of nitriles is 1. The molecule has 3 heterocycles. The molecular formula is C24H22F3N5O2S. The molecule has 1 N–H and O–H groups in total. The van der Waals surface area contributed by atoms with E-state index in [-0.39, 0.29) is 22.4 Å². The largest absolute Gasteiger partial charge is 0.363 e. The minimum Gasteiger partial charge on any atom is -0.363 e. The van der Waals surface area contributed by atoms with Crippen molar-refractivity contribution in [1.29, 1.82) is 5.26 Å². The van der Waals surface area contributed by atoms with Crippen molar-refractivity contribution in [2.24, 2.45) is 12.5 Å². The first kappa shape index (κ1) is 23.5. The maximum absolute atomic E-state index is 14.7. The van der Waals surface area contributed by atoms with E-state index in [9.17, 15) is 27.4 Å². The molecule has 1 spiro atoms. The van der Waals surface area contributed by atoms with Gasteiger partial charge in [-0.2, -0.15) is 5.26 Å². The second kappa shape index (κ2) is 8.16. The number of hydrogen-bond acceptors (Lipinski definition) is 6. The monoisotopic (exact) mass is 501 g/mol. The first-order valence-corrected chi connectivity index (χ1v) is 12.5. The van der Waals surface area contributed by atoms with Crippen LogP contribution < -0.4 is 10.9 Å². The van der Waals surface area contributed by atoms with Crippen molar-refractivity contribution < 1.29 is 17.4 Å². The lowest BCUT2D eigenvalue weighted by Gasteiger charge is -2.57. The molecule has 35 heavy (non-hydrogen) atoms. The number of pyridine rings is 1. The van der Waals surface area contributed by atoms with Crippen LogP contribution in [0.2, 0.25) is 0 Å². The number of nitrogens with zero attached hydrogens (tertiary/aromatic N) is 4. The second-order valence-corrected chi connectivity index (χ2v) is 11.0. The van der Waals surface area contributed by atoms with Gasteiger partial charge in [0.1, 0.15) is 23.6 Å². The van der Waals surface area contributed by atoms with Crippen LogP contribution in [0, 0.1) is 22.6 Å². The molecule has 2 fully saturated rings. The van der Waals surface area contributed by atoms with E-state index < -0.39 is 40.1 Å². The standard InChI is InChI=1S/C24H22F3N5O2S/c1-13(14-4-3-5-15(18(14)25)19(26)27)31-20-16-6-17(22(33)32(2)21(16)30-12-29-20)24(9-28)7-23(8-24)10-35(34)11-23/h3-6,12-13,19H,7-8,10-11H2,1-2H3,(H,29,30,31)/t13-,23?,24?,35?/m1/s1. The van der Waals surface area contributed by atoms with Crippen molar-refractivity contribution >= 4 is 27.7 Å². The molecule has 1 aliphatic carbocycles. The first-order valence-electron chi connectivity index (χ1n) is 11.0. The number of alkyl halides is 2. The van der Waals surface area contributed by atoms with Crippen LogP contribution >= 0.6 is 0 Å². The quantitative estimate of drug-likeness (QED) is 0.570. The fourth-order valence-corrected chi connectivity index (χ4v) is 7.17. The number of fused-ring (bicyclic) bond motifs is 1. The smallest absolute Gasteiger partial charge is 0.266 e. The molecule has 1 aliphatic heterocycles. The highest BCUT2D eigenvalue weighted by molar-refractivity contribution is 7.86. The lowest BCUT2D eigenvalue weighted by Crippen LogP contribution is -2.61. The van der Waals surface area contributed by atoms with Gasteiger partial charge in [0.25, 0.3) is 12.0 Å². The molecule has 0 bridgehead atoms. The summed E-state index contributed by atoms with van der Waals surface area (Å²) in [7, 11) is 0.684. The van der Waals surface area contributed by atoms with Gasteiger partial charge in [0, 0.05) is 40.5 Å². The van der Waals surface area contributed by atoms with Crippen LogP contribution in [0.5, 0.6) is 0 Å². The summed E-state index contributed by atoms with van der Waals surface area (Å²) in [5, 5.41) is 13.5. The zero-order valence-electron chi connectivity index (χ0n) is 19.0. The lowest BCUT2D eigenvalue weighted by atomic mass is 9.52. The summed E-state index contributed by atoms with van der Waals surface area (Å²) < 4.78 is 54.0. The van der Waals surface area contributed by atoms with Crippen molar-refractivity contribution in [3.63, 3.8) is 0 Å². The van der Waals surface area contributed by atoms with E-state index in [1.165, 1.54) is 23.0 Å². The van der Waals surface area contributed by atoms with Gasteiger partial charge in [-0.25, -0.2) is 23.1 Å². The van der Waals surface area contributed by atoms with Crippen LogP contribution in [-0.2, 0) is 23.3 Å². The molecule has 7 nitrogen and oxygen atoms in total. The minimum atomic E-state index is -2.94. The van der Waals surface area contributed by atoms with E-state index in [1.807, 2.05) is 0 Å². The number of benzene rings is 1. The number of hydrogen-bond donors (Lipinski definition) is 1. The van der Waals surface area contributed by atoms with Crippen molar-refractivity contribution in [3.8, 4) is 6.07 Å². The molecule has 1 saturated carbocycles. The lowest BCUT2D eigenvalue weighted by molar-refractivity contribution is 0.0928. The Bertz CT molecular complexity index is 1470. The maximum atomic E-state index is 14.7. The van der Waals surface area contributed by atoms with Crippen LogP contribution in [0.1, 0.15) is 48.9 Å². The van der Waals surface area contributed by atoms with E-state index in [0.717, 1.165) is 6.07 Å². The van der Waals surface area contributed by atoms with E-state index in [2.05, 4.69) is 21.4 Å². The second-order valence-electron chi connectivity index (χ2n) is 9.57. The summed E-state index contributed by atoms with van der Waals surface area (Å²) in [5.74, 6) is 0.380. The number of anilines is 1. The van der Waals surface area contributed by atoms with Crippen molar-refractivity contribution in [3.05, 3.63) is 63.5 Å². The molecule has 0 radical (unpaired) electrons. The van der Waals surface area contributed by atoms with Crippen LogP contribution in [-0.4, -0.2) is 30.2 Å². The third-order valence-corrected chi connectivity index (χ3v) is 9.00. The van der Waals surface area contributed by atoms with Crippen LogP contribution in [0.3, 0.4) is 0 Å². The Hall–Kier alpha value is -3.26. The normalized spacial score (nSPS) is 26.3. The summed E-state index contributed by atoms with van der Waals surface area (Å²) in [5.41, 5.74) is -1.50. The third-order valence-electron chi connectivity index (χ3n) is 7.14. The fraction of sp³-hybridized carbons (Fsp3) is 0.417. The fourth-order valence-electron chi connectivity index (χ4n) is 5.48. The number of halogens is 3. The molecule has 1 aromatic carbocycles. The predicted octanol–water partition coefficient (Wildman–Crippen LogP) is 3.88. The summed E-state index contributed by atoms with van der Waals surface area (Å²) in [6.07, 6.45) is -0.770. The predicted molar refractivity (Wildman–Crippen MR) is 125 cm³/mol. The number of aromatic nitrogens is 3. The highest BCUT2D eigenvalue weighted by Crippen LogP contribution is 2.59. The molecule has 3 aromatic rings. The summed E-state index contributed by atoms with van der Waals surface area (Å²) >= 11 is 0. The van der Waals surface area contributed by atoms with E-state index in [0.29, 0.717) is 40.9 Å². The Balaban J connectivity index is 1.55. The molecule has 2 aromatic heterocycles. The van der Waals surface area contributed by atoms with Gasteiger partial charge in [-0.3, -0.25) is 13.6 Å². The van der Waals surface area contributed by atoms with Crippen LogP contribution in [0.4, 0.5) is 19.0 Å². The van der Waals surface area contributed by atoms with Crippen molar-refractivity contribution in [1.82, 2.24) is 14.5 Å². The Kier molecular flexibility index (Phi) is 5.47. The molecule has 182 valence electrons. The Morgan fingerprint density at radius 1 is 1.23 bits per heavy atom. The summed E-state index contributed by atoms with van der Waals surface area (Å²) in [6.45, 7) is 1.62. The average Bonchev–Trinajstić information content (AvgIpc) is 2.78. The number of aryl methyl sites for hydroxylation is 1. The van der Waals surface area contributed by atoms with Crippen LogP contribution in [0.25, 0.3) is 11.0 Å². The van der Waals surface area contributed by atoms with Gasteiger partial charge in [0.15, 0.2) is 0 Å². The Morgan fingerprint density at radius 2 is 1.91 bits per heavy atom. The van der Waals surface area contributed by atoms with E-state index >= 15 is 0 Å². The minimum absolute atomic E-state index is 0.0482. The molecule has 1 atom stereocenters. The molecule has 2 aliphatic rings. The van der Waals surface area contributed by atoms with Gasteiger partial charge in [0.2, 0.25) is 0 Å². The van der Waals surface area contributed by atoms with Gasteiger partial charge in [-0.15, -0.1) is 0 Å². The summed E-state index contributed by atoms with van der Waals surface area (Å²) in [6, 6.07) is 7.03. The molecular weight excluding hydrogens is 479 g/mol. The van der Waals surface area contributed by atoms with Gasteiger partial charge in [-0.05, 0) is 31.2 Å². The molecule has 5 rings (SSSR count). The van der Waals surface area contributed by atoms with E-state index in [1.54, 1.807) is 20.0 Å². The van der Waals surface area contributed by atoms with Gasteiger partial charge < -0.3 is 5.32 Å². The maximum Gasteiger partial charge on any atom is 0.266 e. The Labute approximate surface area is 201 Å². The number of nitrogens with one attached hydrogen (secondary N) is 1. The highest BCUT2D eigenvalue weighted by atomic mass is 32.2. The first-order chi connectivity index (χ1) is 16.6. The molecule has 1 saturated heterocycles. The topological polar surface area (TPSA) is 101 Å². The summed E-state index contributed by atoms with van der Waals surface area (Å²) in [4.78, 5) is 21.7. The van der Waals surface area contributed by atoms with Gasteiger partial charge in [0.05, 0.1) is 28.5 Å². The van der Waals surface area contributed by atoms with E-state index in [4.69, 9.17) is 0 Å².